The first-order chi connectivity index (χ1) is 13.2. The highest BCUT2D eigenvalue weighted by Crippen LogP contribution is 2.33. The Bertz CT molecular complexity index is 1170. The van der Waals surface area contributed by atoms with Crippen molar-refractivity contribution in [1.82, 2.24) is 4.98 Å². The fraction of sp³-hybridized carbons (Fsp3) is 0.167. The summed E-state index contributed by atoms with van der Waals surface area (Å²) in [6, 6.07) is 27.1. The van der Waals surface area contributed by atoms with Crippen LogP contribution in [0.3, 0.4) is 0 Å². The predicted molar refractivity (Wildman–Crippen MR) is 110 cm³/mol. The summed E-state index contributed by atoms with van der Waals surface area (Å²) < 4.78 is 0. The molecule has 0 saturated heterocycles. The Balaban J connectivity index is 1.53. The van der Waals surface area contributed by atoms with E-state index in [1.807, 2.05) is 24.3 Å². The van der Waals surface area contributed by atoms with Crippen molar-refractivity contribution >= 4 is 27.4 Å². The van der Waals surface area contributed by atoms with Gasteiger partial charge >= 0.3 is 0 Å². The highest BCUT2D eigenvalue weighted by atomic mass is 16.7. The van der Waals surface area contributed by atoms with Gasteiger partial charge in [-0.1, -0.05) is 78.0 Å². The molecule has 0 N–H and O–H groups in total. The molecule has 1 aromatic heterocycles. The summed E-state index contributed by atoms with van der Waals surface area (Å²) in [5, 5.41) is 8.01. The van der Waals surface area contributed by atoms with Crippen LogP contribution in [0, 0.1) is 0 Å². The Morgan fingerprint density at radius 2 is 1.48 bits per heavy atom. The van der Waals surface area contributed by atoms with Crippen LogP contribution in [0.15, 0.2) is 84.0 Å². The normalized spacial score (nSPS) is 19.2. The van der Waals surface area contributed by atoms with Crippen molar-refractivity contribution in [3.63, 3.8) is 0 Å². The van der Waals surface area contributed by atoms with E-state index in [9.17, 15) is 0 Å². The van der Waals surface area contributed by atoms with E-state index in [-0.39, 0.29) is 5.60 Å². The molecular formula is C24H20N2O. The summed E-state index contributed by atoms with van der Waals surface area (Å²) in [7, 11) is 0. The third-order valence-corrected chi connectivity index (χ3v) is 5.25. The van der Waals surface area contributed by atoms with Crippen LogP contribution < -0.4 is 0 Å². The highest BCUT2D eigenvalue weighted by Gasteiger charge is 2.36. The molecule has 0 spiro atoms. The Kier molecular flexibility index (Phi) is 3.68. The quantitative estimate of drug-likeness (QED) is 0.455. The molecule has 3 heteroatoms. The molecule has 0 aliphatic carbocycles. The first-order valence-corrected chi connectivity index (χ1v) is 9.29. The molecule has 3 aromatic carbocycles. The van der Waals surface area contributed by atoms with Crippen molar-refractivity contribution in [1.29, 1.82) is 0 Å². The molecule has 1 aliphatic heterocycles. The number of para-hydroxylation sites is 1. The summed E-state index contributed by atoms with van der Waals surface area (Å²) in [6.07, 6.45) is 1.50. The Morgan fingerprint density at radius 1 is 0.815 bits per heavy atom. The van der Waals surface area contributed by atoms with Gasteiger partial charge in [0.25, 0.3) is 0 Å². The van der Waals surface area contributed by atoms with E-state index in [0.717, 1.165) is 35.3 Å². The van der Waals surface area contributed by atoms with Crippen molar-refractivity contribution < 1.29 is 4.84 Å². The number of benzene rings is 3. The number of oxime groups is 1. The van der Waals surface area contributed by atoms with Crippen molar-refractivity contribution in [2.45, 2.75) is 25.4 Å². The van der Waals surface area contributed by atoms with Crippen LogP contribution >= 0.6 is 0 Å². The SMILES string of the molecule is C[C@]1(Cc2nc3ccccc3c3ccccc23)CC(c2ccccc2)=NO1. The fourth-order valence-electron chi connectivity index (χ4n) is 3.93. The van der Waals surface area contributed by atoms with Gasteiger partial charge < -0.3 is 4.84 Å². The number of rotatable bonds is 3. The molecule has 132 valence electrons. The Morgan fingerprint density at radius 3 is 2.30 bits per heavy atom. The van der Waals surface area contributed by atoms with Crippen molar-refractivity contribution in [3.05, 3.63) is 90.1 Å². The lowest BCUT2D eigenvalue weighted by atomic mass is 9.89. The largest absolute Gasteiger partial charge is 0.388 e. The lowest BCUT2D eigenvalue weighted by Gasteiger charge is -2.22. The van der Waals surface area contributed by atoms with Crippen LogP contribution in [0.25, 0.3) is 21.7 Å². The molecule has 4 aromatic rings. The van der Waals surface area contributed by atoms with Crippen LogP contribution in [0.5, 0.6) is 0 Å². The third-order valence-electron chi connectivity index (χ3n) is 5.25. The summed E-state index contributed by atoms with van der Waals surface area (Å²) >= 11 is 0. The van der Waals surface area contributed by atoms with Gasteiger partial charge in [0.1, 0.15) is 5.60 Å². The topological polar surface area (TPSA) is 34.5 Å². The van der Waals surface area contributed by atoms with E-state index in [0.29, 0.717) is 0 Å². The van der Waals surface area contributed by atoms with Gasteiger partial charge in [-0.25, -0.2) is 0 Å². The Hall–Kier alpha value is -3.20. The molecule has 0 bridgehead atoms. The lowest BCUT2D eigenvalue weighted by Crippen LogP contribution is -2.28. The average Bonchev–Trinajstić information content (AvgIpc) is 3.11. The standard InChI is InChI=1S/C24H20N2O/c1-24(15-22(26-27-24)17-9-3-2-4-10-17)16-23-20-13-6-5-11-18(20)19-12-7-8-14-21(19)25-23/h2-14H,15-16H2,1H3/t24-/m1/s1. The van der Waals surface area contributed by atoms with Gasteiger partial charge in [0, 0.05) is 23.6 Å². The molecule has 0 fully saturated rings. The highest BCUT2D eigenvalue weighted by molar-refractivity contribution is 6.06. The summed E-state index contributed by atoms with van der Waals surface area (Å²) in [6.45, 7) is 2.12. The maximum Gasteiger partial charge on any atom is 0.146 e. The third kappa shape index (κ3) is 2.85. The predicted octanol–water partition coefficient (Wildman–Crippen LogP) is 5.51. The zero-order valence-electron chi connectivity index (χ0n) is 15.2. The maximum atomic E-state index is 5.92. The van der Waals surface area contributed by atoms with Crippen molar-refractivity contribution in [2.24, 2.45) is 5.16 Å². The van der Waals surface area contributed by atoms with Crippen molar-refractivity contribution in [3.8, 4) is 0 Å². The molecule has 0 saturated carbocycles. The number of hydrogen-bond donors (Lipinski definition) is 0. The van der Waals surface area contributed by atoms with E-state index < -0.39 is 0 Å². The minimum absolute atomic E-state index is 0.386. The molecule has 0 unspecified atom stereocenters. The monoisotopic (exact) mass is 352 g/mol. The second-order valence-corrected chi connectivity index (χ2v) is 7.42. The zero-order valence-corrected chi connectivity index (χ0v) is 15.2. The van der Waals surface area contributed by atoms with Crippen LogP contribution in [-0.4, -0.2) is 16.3 Å². The smallest absolute Gasteiger partial charge is 0.146 e. The summed E-state index contributed by atoms with van der Waals surface area (Å²) in [5.41, 5.74) is 3.83. The van der Waals surface area contributed by atoms with Gasteiger partial charge in [0.05, 0.1) is 16.9 Å². The van der Waals surface area contributed by atoms with Gasteiger partial charge in [0.2, 0.25) is 0 Å². The van der Waals surface area contributed by atoms with E-state index in [2.05, 4.69) is 66.7 Å². The number of aromatic nitrogens is 1. The van der Waals surface area contributed by atoms with E-state index >= 15 is 0 Å². The lowest BCUT2D eigenvalue weighted by molar-refractivity contribution is -0.00321. The minimum Gasteiger partial charge on any atom is -0.388 e. The molecule has 3 nitrogen and oxygen atoms in total. The van der Waals surface area contributed by atoms with Gasteiger partial charge in [-0.2, -0.15) is 0 Å². The molecule has 27 heavy (non-hydrogen) atoms. The van der Waals surface area contributed by atoms with Crippen LogP contribution in [0.1, 0.15) is 24.6 Å². The fourth-order valence-corrected chi connectivity index (χ4v) is 3.93. The minimum atomic E-state index is -0.386. The van der Waals surface area contributed by atoms with Crippen molar-refractivity contribution in [2.75, 3.05) is 0 Å². The van der Waals surface area contributed by atoms with Gasteiger partial charge in [-0.05, 0) is 23.9 Å². The molecule has 5 rings (SSSR count). The van der Waals surface area contributed by atoms with Crippen LogP contribution in [-0.2, 0) is 11.3 Å². The van der Waals surface area contributed by atoms with Crippen LogP contribution in [0.2, 0.25) is 0 Å². The number of fused-ring (bicyclic) bond motifs is 3. The van der Waals surface area contributed by atoms with E-state index in [1.165, 1.54) is 16.2 Å². The zero-order chi connectivity index (χ0) is 18.3. The number of hydrogen-bond acceptors (Lipinski definition) is 3. The Labute approximate surface area is 158 Å². The van der Waals surface area contributed by atoms with Gasteiger partial charge in [-0.3, -0.25) is 4.98 Å². The van der Waals surface area contributed by atoms with Gasteiger partial charge in [-0.15, -0.1) is 0 Å². The molecule has 0 amide bonds. The molecular weight excluding hydrogens is 332 g/mol. The molecule has 1 atom stereocenters. The van der Waals surface area contributed by atoms with E-state index in [1.54, 1.807) is 0 Å². The number of nitrogens with zero attached hydrogens (tertiary/aromatic N) is 2. The number of pyridine rings is 1. The summed E-state index contributed by atoms with van der Waals surface area (Å²) in [4.78, 5) is 10.9. The second kappa shape index (κ2) is 6.20. The molecule has 1 aliphatic rings. The van der Waals surface area contributed by atoms with Crippen LogP contribution in [0.4, 0.5) is 0 Å². The second-order valence-electron chi connectivity index (χ2n) is 7.42. The summed E-state index contributed by atoms with van der Waals surface area (Å²) in [5.74, 6) is 0. The first-order valence-electron chi connectivity index (χ1n) is 9.29. The molecule has 2 heterocycles. The average molecular weight is 352 g/mol. The van der Waals surface area contributed by atoms with E-state index in [4.69, 9.17) is 9.82 Å². The maximum absolute atomic E-state index is 5.92. The first kappa shape index (κ1) is 16.0. The molecule has 0 radical (unpaired) electrons. The van der Waals surface area contributed by atoms with Gasteiger partial charge in [0.15, 0.2) is 0 Å².